The Labute approximate surface area is 183 Å². The van der Waals surface area contributed by atoms with Crippen LogP contribution in [-0.4, -0.2) is 49.7 Å². The van der Waals surface area contributed by atoms with Gasteiger partial charge in [-0.05, 0) is 51.6 Å². The minimum atomic E-state index is -2.83. The minimum Gasteiger partial charge on any atom is -0.434 e. The molecule has 1 aromatic rings. The van der Waals surface area contributed by atoms with Crippen LogP contribution in [0.5, 0.6) is 5.75 Å². The van der Waals surface area contributed by atoms with Crippen molar-refractivity contribution in [3.63, 3.8) is 0 Å². The molecule has 2 aliphatic rings. The fraction of sp³-hybridized carbons (Fsp3) is 0.650. The van der Waals surface area contributed by atoms with Crippen LogP contribution in [0.4, 0.5) is 8.78 Å². The molecule has 0 amide bonds. The molecule has 1 heterocycles. The molecule has 1 saturated carbocycles. The highest BCUT2D eigenvalue weighted by Gasteiger charge is 2.34. The number of aliphatic imine (C=N–C) groups is 1. The molecule has 5 nitrogen and oxygen atoms in total. The molecule has 2 N–H and O–H groups in total. The summed E-state index contributed by atoms with van der Waals surface area (Å²) in [6, 6.07) is 6.01. The molecule has 1 unspecified atom stereocenters. The van der Waals surface area contributed by atoms with Crippen molar-refractivity contribution in [1.82, 2.24) is 15.5 Å². The predicted octanol–water partition coefficient (Wildman–Crippen LogP) is 3.75. The molecule has 1 saturated heterocycles. The number of hydrogen-bond donors (Lipinski definition) is 2. The minimum absolute atomic E-state index is 0. The zero-order chi connectivity index (χ0) is 19.2. The van der Waals surface area contributed by atoms with Gasteiger partial charge in [-0.3, -0.25) is 0 Å². The van der Waals surface area contributed by atoms with Crippen LogP contribution in [0.1, 0.15) is 37.3 Å². The molecule has 0 bridgehead atoms. The summed E-state index contributed by atoms with van der Waals surface area (Å²) >= 11 is 0. The summed E-state index contributed by atoms with van der Waals surface area (Å²) in [7, 11) is 0. The monoisotopic (exact) mass is 508 g/mol. The van der Waals surface area contributed by atoms with Crippen molar-refractivity contribution < 1.29 is 13.5 Å². The van der Waals surface area contributed by atoms with E-state index in [-0.39, 0.29) is 36.3 Å². The number of alkyl halides is 2. The van der Waals surface area contributed by atoms with Crippen molar-refractivity contribution >= 4 is 29.9 Å². The summed E-state index contributed by atoms with van der Waals surface area (Å²) in [6.45, 7) is 5.37. The summed E-state index contributed by atoms with van der Waals surface area (Å²) in [5.41, 5.74) is 1.65. The number of halogens is 3. The Kier molecular flexibility index (Phi) is 9.20. The number of aryl methyl sites for hydroxylation is 1. The summed E-state index contributed by atoms with van der Waals surface area (Å²) in [5, 5.41) is 6.65. The quantitative estimate of drug-likeness (QED) is 0.319. The van der Waals surface area contributed by atoms with Crippen molar-refractivity contribution in [3.05, 3.63) is 29.3 Å². The van der Waals surface area contributed by atoms with Crippen LogP contribution in [0, 0.1) is 12.8 Å². The molecule has 1 atom stereocenters. The van der Waals surface area contributed by atoms with E-state index in [1.165, 1.54) is 25.8 Å². The summed E-state index contributed by atoms with van der Waals surface area (Å²) < 4.78 is 29.9. The first kappa shape index (κ1) is 23.1. The molecule has 28 heavy (non-hydrogen) atoms. The molecular weight excluding hydrogens is 477 g/mol. The Morgan fingerprint density at radius 1 is 1.29 bits per heavy atom. The average molecular weight is 508 g/mol. The maximum atomic E-state index is 12.6. The first-order chi connectivity index (χ1) is 13.0. The van der Waals surface area contributed by atoms with Crippen molar-refractivity contribution in [3.8, 4) is 5.75 Å². The maximum Gasteiger partial charge on any atom is 0.387 e. The Hall–Kier alpha value is -1.16. The molecular formula is C20H31F2IN4O. The second kappa shape index (κ2) is 11.1. The van der Waals surface area contributed by atoms with Gasteiger partial charge in [-0.15, -0.1) is 24.0 Å². The number of benzene rings is 1. The molecule has 158 valence electrons. The average Bonchev–Trinajstić information content (AvgIpc) is 3.37. The highest BCUT2D eigenvalue weighted by atomic mass is 127. The van der Waals surface area contributed by atoms with E-state index in [4.69, 9.17) is 0 Å². The SMILES string of the molecule is CCNC(=NCc1cc(C)ccc1OC(F)F)NCC1CCN(C2CC2)C1.I. The van der Waals surface area contributed by atoms with Crippen molar-refractivity contribution in [2.24, 2.45) is 10.9 Å². The van der Waals surface area contributed by atoms with Crippen LogP contribution in [0.15, 0.2) is 23.2 Å². The second-order valence-electron chi connectivity index (χ2n) is 7.45. The normalized spacial score (nSPS) is 20.2. The highest BCUT2D eigenvalue weighted by molar-refractivity contribution is 14.0. The van der Waals surface area contributed by atoms with E-state index < -0.39 is 6.61 Å². The first-order valence-corrected chi connectivity index (χ1v) is 9.85. The smallest absolute Gasteiger partial charge is 0.387 e. The molecule has 1 aliphatic carbocycles. The number of guanidine groups is 1. The highest BCUT2D eigenvalue weighted by Crippen LogP contribution is 2.31. The summed E-state index contributed by atoms with van der Waals surface area (Å²) in [5.74, 6) is 1.53. The fourth-order valence-electron chi connectivity index (χ4n) is 3.59. The van der Waals surface area contributed by atoms with Crippen LogP contribution in [-0.2, 0) is 6.54 Å². The standard InChI is InChI=1S/C20H30F2N4O.HI/c1-3-23-20(24-11-15-8-9-26(13-15)17-5-6-17)25-12-16-10-14(2)4-7-18(16)27-19(21)22;/h4,7,10,15,17,19H,3,5-6,8-9,11-13H2,1-2H3,(H2,23,24,25);1H. The van der Waals surface area contributed by atoms with Crippen LogP contribution in [0.3, 0.4) is 0 Å². The van der Waals surface area contributed by atoms with Gasteiger partial charge in [0.2, 0.25) is 0 Å². The fourth-order valence-corrected chi connectivity index (χ4v) is 3.59. The largest absolute Gasteiger partial charge is 0.434 e. The van der Waals surface area contributed by atoms with Gasteiger partial charge in [-0.2, -0.15) is 8.78 Å². The van der Waals surface area contributed by atoms with Gasteiger partial charge in [-0.1, -0.05) is 17.7 Å². The lowest BCUT2D eigenvalue weighted by molar-refractivity contribution is -0.0504. The Morgan fingerprint density at radius 2 is 2.07 bits per heavy atom. The van der Waals surface area contributed by atoms with Gasteiger partial charge in [0.1, 0.15) is 5.75 Å². The second-order valence-corrected chi connectivity index (χ2v) is 7.45. The van der Waals surface area contributed by atoms with Gasteiger partial charge in [0.25, 0.3) is 0 Å². The molecule has 0 radical (unpaired) electrons. The van der Waals surface area contributed by atoms with E-state index in [0.717, 1.165) is 31.2 Å². The van der Waals surface area contributed by atoms with E-state index >= 15 is 0 Å². The zero-order valence-corrected chi connectivity index (χ0v) is 18.9. The number of likely N-dealkylation sites (tertiary alicyclic amines) is 1. The number of hydrogen-bond acceptors (Lipinski definition) is 3. The lowest BCUT2D eigenvalue weighted by Crippen LogP contribution is -2.40. The third-order valence-corrected chi connectivity index (χ3v) is 5.12. The topological polar surface area (TPSA) is 48.9 Å². The molecule has 2 fully saturated rings. The van der Waals surface area contributed by atoms with E-state index in [1.54, 1.807) is 12.1 Å². The lowest BCUT2D eigenvalue weighted by Gasteiger charge is -2.17. The van der Waals surface area contributed by atoms with Gasteiger partial charge < -0.3 is 20.3 Å². The van der Waals surface area contributed by atoms with E-state index in [9.17, 15) is 8.78 Å². The Morgan fingerprint density at radius 3 is 2.75 bits per heavy atom. The van der Waals surface area contributed by atoms with E-state index in [1.807, 2.05) is 19.9 Å². The lowest BCUT2D eigenvalue weighted by atomic mass is 10.1. The van der Waals surface area contributed by atoms with E-state index in [2.05, 4.69) is 25.3 Å². The molecule has 8 heteroatoms. The van der Waals surface area contributed by atoms with Gasteiger partial charge in [0, 0.05) is 31.2 Å². The molecule has 1 aromatic carbocycles. The van der Waals surface area contributed by atoms with Crippen molar-refractivity contribution in [2.75, 3.05) is 26.2 Å². The van der Waals surface area contributed by atoms with Gasteiger partial charge >= 0.3 is 6.61 Å². The van der Waals surface area contributed by atoms with Crippen LogP contribution < -0.4 is 15.4 Å². The van der Waals surface area contributed by atoms with Gasteiger partial charge in [0.15, 0.2) is 5.96 Å². The van der Waals surface area contributed by atoms with Crippen LogP contribution >= 0.6 is 24.0 Å². The third-order valence-electron chi connectivity index (χ3n) is 5.12. The van der Waals surface area contributed by atoms with Gasteiger partial charge in [0.05, 0.1) is 6.54 Å². The molecule has 3 rings (SSSR count). The number of ether oxygens (including phenoxy) is 1. The number of nitrogens with one attached hydrogen (secondary N) is 2. The van der Waals surface area contributed by atoms with E-state index in [0.29, 0.717) is 17.4 Å². The molecule has 0 aromatic heterocycles. The molecule has 0 spiro atoms. The van der Waals surface area contributed by atoms with Gasteiger partial charge in [-0.25, -0.2) is 4.99 Å². The van der Waals surface area contributed by atoms with Crippen LogP contribution in [0.25, 0.3) is 0 Å². The molecule has 1 aliphatic heterocycles. The first-order valence-electron chi connectivity index (χ1n) is 9.85. The Bertz CT molecular complexity index is 655. The summed E-state index contributed by atoms with van der Waals surface area (Å²) in [4.78, 5) is 7.17. The predicted molar refractivity (Wildman–Crippen MR) is 119 cm³/mol. The number of nitrogens with zero attached hydrogens (tertiary/aromatic N) is 2. The van der Waals surface area contributed by atoms with Crippen molar-refractivity contribution in [1.29, 1.82) is 0 Å². The summed E-state index contributed by atoms with van der Waals surface area (Å²) in [6.07, 6.45) is 3.92. The Balaban J connectivity index is 0.00000280. The zero-order valence-electron chi connectivity index (χ0n) is 16.6. The third kappa shape index (κ3) is 7.02. The van der Waals surface area contributed by atoms with Crippen molar-refractivity contribution in [2.45, 2.75) is 52.3 Å². The van der Waals surface area contributed by atoms with Crippen LogP contribution in [0.2, 0.25) is 0 Å². The number of rotatable bonds is 8. The maximum absolute atomic E-state index is 12.6.